The predicted octanol–water partition coefficient (Wildman–Crippen LogP) is 3.53. The van der Waals surface area contributed by atoms with Crippen LogP contribution in [0.3, 0.4) is 0 Å². The van der Waals surface area contributed by atoms with Gasteiger partial charge in [-0.25, -0.2) is 14.8 Å². The van der Waals surface area contributed by atoms with Gasteiger partial charge in [0.2, 0.25) is 0 Å². The van der Waals surface area contributed by atoms with Crippen LogP contribution in [0.25, 0.3) is 11.1 Å². The van der Waals surface area contributed by atoms with Crippen LogP contribution in [0.5, 0.6) is 0 Å². The van der Waals surface area contributed by atoms with Crippen molar-refractivity contribution < 1.29 is 19.4 Å². The smallest absolute Gasteiger partial charge is 0.407 e. The van der Waals surface area contributed by atoms with E-state index in [2.05, 4.69) is 27.4 Å². The molecule has 2 aromatic carbocycles. The topological polar surface area (TPSA) is 101 Å². The second kappa shape index (κ2) is 8.10. The largest absolute Gasteiger partial charge is 0.481 e. The Morgan fingerprint density at radius 3 is 2.28 bits per heavy atom. The van der Waals surface area contributed by atoms with Crippen LogP contribution >= 0.6 is 0 Å². The van der Waals surface area contributed by atoms with E-state index in [0.29, 0.717) is 5.69 Å². The van der Waals surface area contributed by atoms with Gasteiger partial charge in [0.15, 0.2) is 0 Å². The number of ether oxygens (including phenoxy) is 1. The standard InChI is InChI=1S/C22H19N3O4/c26-21(27)11-20(19-9-10-23-13-24-19)25-22(28)29-12-18-16-7-3-1-5-14(16)15-6-2-4-8-17(15)18/h1-10,13,18,20H,11-12H2,(H,25,28)(H,26,27)/t20-/m1/s1. The van der Waals surface area contributed by atoms with Crippen LogP contribution in [-0.2, 0) is 9.53 Å². The summed E-state index contributed by atoms with van der Waals surface area (Å²) in [4.78, 5) is 31.4. The van der Waals surface area contributed by atoms with E-state index in [-0.39, 0.29) is 18.9 Å². The van der Waals surface area contributed by atoms with Gasteiger partial charge in [-0.2, -0.15) is 0 Å². The molecule has 1 aromatic heterocycles. The van der Waals surface area contributed by atoms with Crippen molar-refractivity contribution in [3.05, 3.63) is 83.9 Å². The molecule has 0 unspecified atom stereocenters. The number of carboxylic acids is 1. The molecule has 1 aliphatic carbocycles. The van der Waals surface area contributed by atoms with Crippen LogP contribution < -0.4 is 5.32 Å². The van der Waals surface area contributed by atoms with Crippen LogP contribution in [0.1, 0.15) is 35.2 Å². The molecule has 0 saturated heterocycles. The molecule has 0 spiro atoms. The highest BCUT2D eigenvalue weighted by atomic mass is 16.5. The molecule has 0 radical (unpaired) electrons. The summed E-state index contributed by atoms with van der Waals surface area (Å²) in [6.07, 6.45) is 1.82. The number of carboxylic acid groups (broad SMARTS) is 1. The number of alkyl carbamates (subject to hydrolysis) is 1. The number of nitrogens with zero attached hydrogens (tertiary/aromatic N) is 2. The van der Waals surface area contributed by atoms with Crippen molar-refractivity contribution >= 4 is 12.1 Å². The third kappa shape index (κ3) is 3.94. The van der Waals surface area contributed by atoms with Crippen molar-refractivity contribution in [3.63, 3.8) is 0 Å². The fraction of sp³-hybridized carbons (Fsp3) is 0.182. The molecule has 7 heteroatoms. The van der Waals surface area contributed by atoms with E-state index in [1.807, 2.05) is 36.4 Å². The molecule has 7 nitrogen and oxygen atoms in total. The number of aliphatic carboxylic acids is 1. The number of fused-ring (bicyclic) bond motifs is 3. The normalized spacial score (nSPS) is 13.2. The zero-order valence-corrected chi connectivity index (χ0v) is 15.5. The molecule has 0 aliphatic heterocycles. The van der Waals surface area contributed by atoms with E-state index in [1.54, 1.807) is 6.07 Å². The van der Waals surface area contributed by atoms with Gasteiger partial charge in [-0.05, 0) is 28.3 Å². The molecule has 2 N–H and O–H groups in total. The van der Waals surface area contributed by atoms with E-state index in [1.165, 1.54) is 12.5 Å². The van der Waals surface area contributed by atoms with Crippen LogP contribution in [0.15, 0.2) is 67.1 Å². The van der Waals surface area contributed by atoms with Gasteiger partial charge in [-0.1, -0.05) is 48.5 Å². The van der Waals surface area contributed by atoms with Crippen molar-refractivity contribution in [2.24, 2.45) is 0 Å². The van der Waals surface area contributed by atoms with Gasteiger partial charge in [0, 0.05) is 12.1 Å². The number of carbonyl (C=O) groups is 2. The van der Waals surface area contributed by atoms with Gasteiger partial charge in [0.05, 0.1) is 18.2 Å². The molecular formula is C22H19N3O4. The molecule has 29 heavy (non-hydrogen) atoms. The SMILES string of the molecule is O=C(O)C[C@@H](NC(=O)OCC1c2ccccc2-c2ccccc21)c1ccncn1. The molecular weight excluding hydrogens is 370 g/mol. The average molecular weight is 389 g/mol. The highest BCUT2D eigenvalue weighted by molar-refractivity contribution is 5.79. The van der Waals surface area contributed by atoms with Crippen molar-refractivity contribution in [1.82, 2.24) is 15.3 Å². The highest BCUT2D eigenvalue weighted by Gasteiger charge is 2.29. The quantitative estimate of drug-likeness (QED) is 0.669. The van der Waals surface area contributed by atoms with Crippen molar-refractivity contribution in [2.75, 3.05) is 6.61 Å². The number of carbonyl (C=O) groups excluding carboxylic acids is 1. The number of rotatable bonds is 6. The molecule has 4 rings (SSSR count). The number of hydrogen-bond acceptors (Lipinski definition) is 5. The molecule has 0 saturated carbocycles. The van der Waals surface area contributed by atoms with Gasteiger partial charge < -0.3 is 15.2 Å². The van der Waals surface area contributed by atoms with E-state index in [9.17, 15) is 9.59 Å². The number of amides is 1. The zero-order valence-electron chi connectivity index (χ0n) is 15.5. The minimum atomic E-state index is -1.05. The molecule has 0 bridgehead atoms. The Hall–Kier alpha value is -3.74. The first-order valence-corrected chi connectivity index (χ1v) is 9.22. The molecule has 0 fully saturated rings. The summed E-state index contributed by atoms with van der Waals surface area (Å²) in [5, 5.41) is 11.7. The molecule has 3 aromatic rings. The van der Waals surface area contributed by atoms with Crippen molar-refractivity contribution in [2.45, 2.75) is 18.4 Å². The van der Waals surface area contributed by atoms with Gasteiger partial charge >= 0.3 is 12.1 Å². The van der Waals surface area contributed by atoms with E-state index in [0.717, 1.165) is 22.3 Å². The molecule has 1 aliphatic rings. The Morgan fingerprint density at radius 2 is 1.69 bits per heavy atom. The first-order chi connectivity index (χ1) is 14.1. The number of benzene rings is 2. The maximum Gasteiger partial charge on any atom is 0.407 e. The predicted molar refractivity (Wildman–Crippen MR) is 105 cm³/mol. The third-order valence-electron chi connectivity index (χ3n) is 4.98. The number of nitrogens with one attached hydrogen (secondary N) is 1. The molecule has 146 valence electrons. The molecule has 1 heterocycles. The van der Waals surface area contributed by atoms with Crippen LogP contribution in [0.4, 0.5) is 4.79 Å². The Morgan fingerprint density at radius 1 is 1.03 bits per heavy atom. The van der Waals surface area contributed by atoms with Crippen LogP contribution in [-0.4, -0.2) is 33.7 Å². The fourth-order valence-electron chi connectivity index (χ4n) is 3.69. The average Bonchev–Trinajstić information content (AvgIpc) is 3.06. The summed E-state index contributed by atoms with van der Waals surface area (Å²) in [5.74, 6) is -1.11. The van der Waals surface area contributed by atoms with Gasteiger partial charge in [0.25, 0.3) is 0 Å². The lowest BCUT2D eigenvalue weighted by atomic mass is 9.98. The van der Waals surface area contributed by atoms with Crippen molar-refractivity contribution in [1.29, 1.82) is 0 Å². The minimum absolute atomic E-state index is 0.0647. The zero-order chi connectivity index (χ0) is 20.2. The summed E-state index contributed by atoms with van der Waals surface area (Å²) < 4.78 is 5.49. The molecule has 1 atom stereocenters. The fourth-order valence-corrected chi connectivity index (χ4v) is 3.69. The van der Waals surface area contributed by atoms with E-state index < -0.39 is 18.1 Å². The summed E-state index contributed by atoms with van der Waals surface area (Å²) in [5.41, 5.74) is 4.92. The second-order valence-electron chi connectivity index (χ2n) is 6.75. The molecule has 1 amide bonds. The van der Waals surface area contributed by atoms with E-state index >= 15 is 0 Å². The summed E-state index contributed by atoms with van der Waals surface area (Å²) >= 11 is 0. The summed E-state index contributed by atoms with van der Waals surface area (Å²) in [7, 11) is 0. The summed E-state index contributed by atoms with van der Waals surface area (Å²) in [6.45, 7) is 0.156. The van der Waals surface area contributed by atoms with Gasteiger partial charge in [0.1, 0.15) is 12.9 Å². The van der Waals surface area contributed by atoms with Gasteiger partial charge in [-0.15, -0.1) is 0 Å². The Balaban J connectivity index is 1.47. The maximum absolute atomic E-state index is 12.4. The third-order valence-corrected chi connectivity index (χ3v) is 4.98. The monoisotopic (exact) mass is 389 g/mol. The minimum Gasteiger partial charge on any atom is -0.481 e. The lowest BCUT2D eigenvalue weighted by Gasteiger charge is -2.18. The van der Waals surface area contributed by atoms with Gasteiger partial charge in [-0.3, -0.25) is 4.79 Å². The number of aromatic nitrogens is 2. The van der Waals surface area contributed by atoms with Crippen LogP contribution in [0, 0.1) is 0 Å². The van der Waals surface area contributed by atoms with E-state index in [4.69, 9.17) is 9.84 Å². The lowest BCUT2D eigenvalue weighted by Crippen LogP contribution is -2.32. The first kappa shape index (κ1) is 18.6. The Labute approximate surface area is 167 Å². The highest BCUT2D eigenvalue weighted by Crippen LogP contribution is 2.44. The Kier molecular flexibility index (Phi) is 5.20. The Bertz CT molecular complexity index is 993. The van der Waals surface area contributed by atoms with Crippen LogP contribution in [0.2, 0.25) is 0 Å². The second-order valence-corrected chi connectivity index (χ2v) is 6.75. The lowest BCUT2D eigenvalue weighted by molar-refractivity contribution is -0.137. The number of hydrogen-bond donors (Lipinski definition) is 2. The van der Waals surface area contributed by atoms with Crippen molar-refractivity contribution in [3.8, 4) is 11.1 Å². The summed E-state index contributed by atoms with van der Waals surface area (Å²) in [6, 6.07) is 16.9. The first-order valence-electron chi connectivity index (χ1n) is 9.22. The maximum atomic E-state index is 12.4.